The van der Waals surface area contributed by atoms with Crippen molar-refractivity contribution in [2.24, 2.45) is 0 Å². The van der Waals surface area contributed by atoms with E-state index < -0.39 is 0 Å². The van der Waals surface area contributed by atoms with E-state index in [4.69, 9.17) is 16.3 Å². The van der Waals surface area contributed by atoms with Gasteiger partial charge in [0.25, 0.3) is 0 Å². The summed E-state index contributed by atoms with van der Waals surface area (Å²) >= 11 is 10.5. The van der Waals surface area contributed by atoms with E-state index in [0.717, 1.165) is 29.4 Å². The highest BCUT2D eigenvalue weighted by molar-refractivity contribution is 7.80. The highest BCUT2D eigenvalue weighted by Gasteiger charge is 2.20. The van der Waals surface area contributed by atoms with E-state index in [2.05, 4.69) is 12.6 Å². The van der Waals surface area contributed by atoms with Gasteiger partial charge in [-0.05, 0) is 18.6 Å². The lowest BCUT2D eigenvalue weighted by atomic mass is 10.1. The quantitative estimate of drug-likeness (QED) is 0.634. The Morgan fingerprint density at radius 3 is 3.08 bits per heavy atom. The van der Waals surface area contributed by atoms with Gasteiger partial charge in [0, 0.05) is 15.8 Å². The van der Waals surface area contributed by atoms with Crippen molar-refractivity contribution >= 4 is 24.2 Å². The summed E-state index contributed by atoms with van der Waals surface area (Å²) in [6.45, 7) is 0.738. The molecule has 0 radical (unpaired) electrons. The second-order valence-electron chi connectivity index (χ2n) is 2.80. The van der Waals surface area contributed by atoms with Gasteiger partial charge in [0.05, 0.1) is 6.61 Å². The first-order chi connectivity index (χ1) is 5.79. The number of rotatable bonds is 0. The molecule has 0 bridgehead atoms. The normalized spacial score (nSPS) is 21.3. The van der Waals surface area contributed by atoms with Crippen molar-refractivity contribution in [2.75, 3.05) is 6.61 Å². The molecule has 0 aliphatic carbocycles. The van der Waals surface area contributed by atoms with Gasteiger partial charge in [-0.15, -0.1) is 0 Å². The molecule has 1 unspecified atom stereocenters. The van der Waals surface area contributed by atoms with Gasteiger partial charge >= 0.3 is 0 Å². The second-order valence-corrected chi connectivity index (χ2v) is 3.84. The molecular weight excluding hydrogens is 192 g/mol. The first-order valence-electron chi connectivity index (χ1n) is 3.88. The molecule has 0 aromatic heterocycles. The van der Waals surface area contributed by atoms with Crippen LogP contribution < -0.4 is 4.74 Å². The largest absolute Gasteiger partial charge is 0.493 e. The van der Waals surface area contributed by atoms with Gasteiger partial charge in [-0.1, -0.05) is 17.7 Å². The van der Waals surface area contributed by atoms with Gasteiger partial charge < -0.3 is 4.74 Å². The molecule has 1 atom stereocenters. The molecule has 0 fully saturated rings. The topological polar surface area (TPSA) is 9.23 Å². The molecule has 1 aromatic rings. The molecule has 1 nitrogen and oxygen atoms in total. The third-order valence-corrected chi connectivity index (χ3v) is 2.84. The van der Waals surface area contributed by atoms with Crippen LogP contribution in [0.1, 0.15) is 17.2 Å². The van der Waals surface area contributed by atoms with Gasteiger partial charge in [0.15, 0.2) is 0 Å². The molecule has 0 amide bonds. The number of hydrogen-bond donors (Lipinski definition) is 1. The fraction of sp³-hybridized carbons (Fsp3) is 0.333. The SMILES string of the molecule is SC1CCOc2cccc(Cl)c21. The van der Waals surface area contributed by atoms with E-state index >= 15 is 0 Å². The summed E-state index contributed by atoms with van der Waals surface area (Å²) in [4.78, 5) is 0. The predicted molar refractivity (Wildman–Crippen MR) is 53.3 cm³/mol. The molecule has 64 valence electrons. The summed E-state index contributed by atoms with van der Waals surface area (Å²) in [7, 11) is 0. The van der Waals surface area contributed by atoms with Crippen LogP contribution in [0.3, 0.4) is 0 Å². The van der Waals surface area contributed by atoms with Crippen LogP contribution in [0.15, 0.2) is 18.2 Å². The number of benzene rings is 1. The van der Waals surface area contributed by atoms with Crippen molar-refractivity contribution in [2.45, 2.75) is 11.7 Å². The Labute approximate surface area is 82.1 Å². The number of thiol groups is 1. The van der Waals surface area contributed by atoms with E-state index in [-0.39, 0.29) is 5.25 Å². The molecule has 1 heterocycles. The monoisotopic (exact) mass is 200 g/mol. The first-order valence-corrected chi connectivity index (χ1v) is 4.78. The van der Waals surface area contributed by atoms with Crippen LogP contribution in [0.4, 0.5) is 0 Å². The van der Waals surface area contributed by atoms with Crippen molar-refractivity contribution in [1.29, 1.82) is 0 Å². The molecule has 3 heteroatoms. The summed E-state index contributed by atoms with van der Waals surface area (Å²) in [5, 5.41) is 0.981. The van der Waals surface area contributed by atoms with E-state index in [0.29, 0.717) is 0 Å². The summed E-state index contributed by atoms with van der Waals surface area (Å²) in [5.74, 6) is 0.883. The molecule has 0 saturated carbocycles. The maximum atomic E-state index is 6.01. The minimum atomic E-state index is 0.224. The van der Waals surface area contributed by atoms with Gasteiger partial charge in [-0.2, -0.15) is 12.6 Å². The van der Waals surface area contributed by atoms with Crippen molar-refractivity contribution in [3.8, 4) is 5.75 Å². The third kappa shape index (κ3) is 1.29. The molecular formula is C9H9ClOS. The van der Waals surface area contributed by atoms with E-state index in [9.17, 15) is 0 Å². The molecule has 0 saturated heterocycles. The number of fused-ring (bicyclic) bond motifs is 1. The van der Waals surface area contributed by atoms with E-state index in [1.54, 1.807) is 0 Å². The molecule has 12 heavy (non-hydrogen) atoms. The molecule has 0 N–H and O–H groups in total. The zero-order chi connectivity index (χ0) is 8.55. The van der Waals surface area contributed by atoms with Crippen molar-refractivity contribution in [1.82, 2.24) is 0 Å². The fourth-order valence-corrected chi connectivity index (χ4v) is 2.14. The average Bonchev–Trinajstić information content (AvgIpc) is 2.04. The third-order valence-electron chi connectivity index (χ3n) is 1.99. The van der Waals surface area contributed by atoms with E-state index in [1.165, 1.54) is 0 Å². The Hall–Kier alpha value is -0.340. The lowest BCUT2D eigenvalue weighted by Crippen LogP contribution is -2.10. The average molecular weight is 201 g/mol. The Kier molecular flexibility index (Phi) is 2.20. The maximum absolute atomic E-state index is 6.01. The predicted octanol–water partition coefficient (Wildman–Crippen LogP) is 3.09. The van der Waals surface area contributed by atoms with Gasteiger partial charge in [-0.3, -0.25) is 0 Å². The van der Waals surface area contributed by atoms with Crippen molar-refractivity contribution in [3.63, 3.8) is 0 Å². The Balaban J connectivity index is 2.53. The Morgan fingerprint density at radius 2 is 2.33 bits per heavy atom. The zero-order valence-electron chi connectivity index (χ0n) is 6.46. The minimum absolute atomic E-state index is 0.224. The first kappa shape index (κ1) is 8.27. The molecule has 1 aliphatic heterocycles. The summed E-state index contributed by atoms with van der Waals surface area (Å²) in [6.07, 6.45) is 0.930. The standard InChI is InChI=1S/C9H9ClOS/c10-6-2-1-3-7-9(6)8(12)4-5-11-7/h1-3,8,12H,4-5H2. The Bertz CT molecular complexity index is 301. The van der Waals surface area contributed by atoms with Gasteiger partial charge in [-0.25, -0.2) is 0 Å². The van der Waals surface area contributed by atoms with Crippen LogP contribution in [-0.4, -0.2) is 6.61 Å². The van der Waals surface area contributed by atoms with Crippen LogP contribution in [-0.2, 0) is 0 Å². The fourth-order valence-electron chi connectivity index (χ4n) is 1.39. The van der Waals surface area contributed by atoms with Gasteiger partial charge in [0.2, 0.25) is 0 Å². The van der Waals surface area contributed by atoms with Crippen molar-refractivity contribution in [3.05, 3.63) is 28.8 Å². The van der Waals surface area contributed by atoms with Crippen LogP contribution in [0.5, 0.6) is 5.75 Å². The van der Waals surface area contributed by atoms with E-state index in [1.807, 2.05) is 18.2 Å². The van der Waals surface area contributed by atoms with Crippen LogP contribution >= 0.6 is 24.2 Å². The zero-order valence-corrected chi connectivity index (χ0v) is 8.11. The minimum Gasteiger partial charge on any atom is -0.493 e. The van der Waals surface area contributed by atoms with Crippen LogP contribution in [0.25, 0.3) is 0 Å². The lowest BCUT2D eigenvalue weighted by molar-refractivity contribution is 0.287. The van der Waals surface area contributed by atoms with Crippen LogP contribution in [0, 0.1) is 0 Å². The van der Waals surface area contributed by atoms with Crippen LogP contribution in [0.2, 0.25) is 5.02 Å². The number of hydrogen-bond acceptors (Lipinski definition) is 2. The summed E-state index contributed by atoms with van der Waals surface area (Å²) in [6, 6.07) is 5.70. The van der Waals surface area contributed by atoms with Crippen molar-refractivity contribution < 1.29 is 4.74 Å². The highest BCUT2D eigenvalue weighted by atomic mass is 35.5. The smallest absolute Gasteiger partial charge is 0.125 e. The second kappa shape index (κ2) is 3.19. The molecule has 2 rings (SSSR count). The maximum Gasteiger partial charge on any atom is 0.125 e. The highest BCUT2D eigenvalue weighted by Crippen LogP contribution is 2.40. The Morgan fingerprint density at radius 1 is 1.50 bits per heavy atom. The lowest BCUT2D eigenvalue weighted by Gasteiger charge is -2.22. The summed E-state index contributed by atoms with van der Waals surface area (Å²) < 4.78 is 5.44. The number of halogens is 1. The molecule has 1 aromatic carbocycles. The number of ether oxygens (including phenoxy) is 1. The molecule has 0 spiro atoms. The summed E-state index contributed by atoms with van der Waals surface area (Å²) in [5.41, 5.74) is 1.04. The van der Waals surface area contributed by atoms with Gasteiger partial charge in [0.1, 0.15) is 5.75 Å². The molecule has 1 aliphatic rings.